The summed E-state index contributed by atoms with van der Waals surface area (Å²) in [6.45, 7) is 2.19. The maximum Gasteiger partial charge on any atom is 0.115 e. The molecule has 7 atom stereocenters. The van der Waals surface area contributed by atoms with E-state index in [9.17, 15) is 10.2 Å². The fourth-order valence-corrected chi connectivity index (χ4v) is 6.71. The Morgan fingerprint density at radius 1 is 1.07 bits per heavy atom. The molecule has 3 heteroatoms. The first-order chi connectivity index (χ1) is 13.0. The van der Waals surface area contributed by atoms with E-state index in [2.05, 4.69) is 31.2 Å². The minimum absolute atomic E-state index is 0.124. The molecular weight excluding hydrogens is 339 g/mol. The molecule has 0 radical (unpaired) electrons. The molecule has 2 fully saturated rings. The maximum absolute atomic E-state index is 15.7. The van der Waals surface area contributed by atoms with Gasteiger partial charge in [0.25, 0.3) is 0 Å². The van der Waals surface area contributed by atoms with Crippen molar-refractivity contribution < 1.29 is 14.6 Å². The van der Waals surface area contributed by atoms with Crippen molar-refractivity contribution in [2.45, 2.75) is 56.7 Å². The highest BCUT2D eigenvalue weighted by Crippen LogP contribution is 2.64. The van der Waals surface area contributed by atoms with Crippen LogP contribution in [0.15, 0.2) is 48.5 Å². The Morgan fingerprint density at radius 3 is 2.63 bits per heavy atom. The number of alkyl halides is 1. The lowest BCUT2D eigenvalue weighted by atomic mass is 9.51. The fourth-order valence-electron chi connectivity index (χ4n) is 6.71. The van der Waals surface area contributed by atoms with Gasteiger partial charge in [-0.05, 0) is 77.7 Å². The number of hydrogen-bond donors (Lipinski definition) is 2. The molecule has 2 aromatic rings. The van der Waals surface area contributed by atoms with Gasteiger partial charge in [0, 0.05) is 5.92 Å². The van der Waals surface area contributed by atoms with E-state index in [1.807, 2.05) is 18.2 Å². The van der Waals surface area contributed by atoms with Gasteiger partial charge in [0.1, 0.15) is 11.9 Å². The van der Waals surface area contributed by atoms with E-state index in [-0.39, 0.29) is 35.0 Å². The lowest BCUT2D eigenvalue weighted by Crippen LogP contribution is -2.48. The van der Waals surface area contributed by atoms with Crippen LogP contribution in [0.5, 0.6) is 5.75 Å². The number of phenols is 1. The van der Waals surface area contributed by atoms with Gasteiger partial charge in [-0.3, -0.25) is 0 Å². The summed E-state index contributed by atoms with van der Waals surface area (Å²) in [4.78, 5) is 0. The molecule has 0 bridgehead atoms. The van der Waals surface area contributed by atoms with Crippen LogP contribution in [0.3, 0.4) is 0 Å². The maximum atomic E-state index is 15.7. The first-order valence-corrected chi connectivity index (χ1v) is 10.2. The third-order valence-electron chi connectivity index (χ3n) is 7.67. The minimum Gasteiger partial charge on any atom is -0.508 e. The molecule has 2 N–H and O–H groups in total. The summed E-state index contributed by atoms with van der Waals surface area (Å²) in [5, 5.41) is 20.4. The number of hydrogen-bond acceptors (Lipinski definition) is 2. The minimum atomic E-state index is -0.906. The molecule has 0 amide bonds. The largest absolute Gasteiger partial charge is 0.508 e. The summed E-state index contributed by atoms with van der Waals surface area (Å²) in [5.74, 6) is 0.847. The summed E-state index contributed by atoms with van der Waals surface area (Å²) in [7, 11) is 0. The Morgan fingerprint density at radius 2 is 1.85 bits per heavy atom. The first-order valence-electron chi connectivity index (χ1n) is 10.2. The number of benzene rings is 2. The average Bonchev–Trinajstić information content (AvgIpc) is 2.94. The predicted molar refractivity (Wildman–Crippen MR) is 104 cm³/mol. The van der Waals surface area contributed by atoms with Gasteiger partial charge in [-0.2, -0.15) is 0 Å². The molecular formula is C24H27FO2. The normalized spacial score (nSPS) is 40.1. The quantitative estimate of drug-likeness (QED) is 0.750. The van der Waals surface area contributed by atoms with Gasteiger partial charge in [0.2, 0.25) is 0 Å². The average molecular weight is 366 g/mol. The van der Waals surface area contributed by atoms with Crippen LogP contribution in [0.1, 0.15) is 54.7 Å². The molecule has 0 aromatic heterocycles. The van der Waals surface area contributed by atoms with Crippen LogP contribution < -0.4 is 0 Å². The topological polar surface area (TPSA) is 40.5 Å². The Bertz CT molecular complexity index is 851. The highest BCUT2D eigenvalue weighted by molar-refractivity contribution is 5.44. The Balaban J connectivity index is 1.68. The number of rotatable bonds is 1. The lowest BCUT2D eigenvalue weighted by Gasteiger charge is -2.53. The van der Waals surface area contributed by atoms with Crippen LogP contribution >= 0.6 is 0 Å². The number of halogens is 1. The van der Waals surface area contributed by atoms with Crippen molar-refractivity contribution in [3.8, 4) is 5.75 Å². The van der Waals surface area contributed by atoms with Crippen LogP contribution in [0, 0.1) is 17.3 Å². The second-order valence-corrected chi connectivity index (χ2v) is 9.28. The molecule has 2 saturated carbocycles. The van der Waals surface area contributed by atoms with Gasteiger partial charge < -0.3 is 10.2 Å². The smallest absolute Gasteiger partial charge is 0.115 e. The van der Waals surface area contributed by atoms with Crippen molar-refractivity contribution in [3.63, 3.8) is 0 Å². The van der Waals surface area contributed by atoms with Crippen molar-refractivity contribution in [3.05, 3.63) is 65.2 Å². The van der Waals surface area contributed by atoms with Crippen molar-refractivity contribution in [2.75, 3.05) is 0 Å². The number of fused-ring (bicyclic) bond motifs is 5. The highest BCUT2D eigenvalue weighted by Gasteiger charge is 2.58. The van der Waals surface area contributed by atoms with E-state index in [0.717, 1.165) is 24.0 Å². The SMILES string of the molecule is C[C@@]12C[C@H](O)C[C@H]1[C@H]1[C@@H](c3ccc(O)cc3C[C@@H]1c1ccccc1)[C@@H](F)C2. The fraction of sp³-hybridized carbons (Fsp3) is 0.500. The number of aliphatic hydroxyl groups excluding tert-OH is 1. The van der Waals surface area contributed by atoms with Gasteiger partial charge in [0.15, 0.2) is 0 Å². The van der Waals surface area contributed by atoms with Crippen molar-refractivity contribution >= 4 is 0 Å². The Kier molecular flexibility index (Phi) is 3.87. The first kappa shape index (κ1) is 17.2. The molecule has 5 rings (SSSR count). The van der Waals surface area contributed by atoms with Crippen LogP contribution in [0.2, 0.25) is 0 Å². The molecule has 2 nitrogen and oxygen atoms in total. The highest BCUT2D eigenvalue weighted by atomic mass is 19.1. The molecule has 3 aliphatic rings. The van der Waals surface area contributed by atoms with Gasteiger partial charge in [-0.1, -0.05) is 43.3 Å². The monoisotopic (exact) mass is 366 g/mol. The molecule has 0 aliphatic heterocycles. The summed E-state index contributed by atoms with van der Waals surface area (Å²) in [5.41, 5.74) is 3.27. The molecule has 0 spiro atoms. The molecule has 2 aromatic carbocycles. The molecule has 0 unspecified atom stereocenters. The standard InChI is InChI=1S/C24H27FO2/c1-24-12-17(27)11-20(24)22-19(14-5-3-2-4-6-14)10-15-9-16(26)7-8-18(15)23(22)21(25)13-24/h2-9,17,19-23,26-27H,10-13H2,1H3/t17-,19-,20+,21+,22+,23+,24+/m1/s1. The molecule has 142 valence electrons. The zero-order valence-corrected chi connectivity index (χ0v) is 15.7. The number of phenolic OH excluding ortho intramolecular Hbond substituents is 1. The van der Waals surface area contributed by atoms with Crippen LogP contribution in [-0.4, -0.2) is 22.5 Å². The summed E-state index contributed by atoms with van der Waals surface area (Å²) < 4.78 is 15.7. The van der Waals surface area contributed by atoms with E-state index < -0.39 is 6.17 Å². The van der Waals surface area contributed by atoms with E-state index in [1.165, 1.54) is 5.56 Å². The molecule has 0 heterocycles. The summed E-state index contributed by atoms with van der Waals surface area (Å²) in [6.07, 6.45) is 1.62. The zero-order valence-electron chi connectivity index (χ0n) is 15.7. The third-order valence-corrected chi connectivity index (χ3v) is 7.67. The Hall–Kier alpha value is -1.87. The van der Waals surface area contributed by atoms with E-state index in [0.29, 0.717) is 18.8 Å². The zero-order chi connectivity index (χ0) is 18.8. The van der Waals surface area contributed by atoms with Gasteiger partial charge in [-0.25, -0.2) is 4.39 Å². The second kappa shape index (κ2) is 6.07. The van der Waals surface area contributed by atoms with Gasteiger partial charge >= 0.3 is 0 Å². The van der Waals surface area contributed by atoms with Gasteiger partial charge in [-0.15, -0.1) is 0 Å². The lowest BCUT2D eigenvalue weighted by molar-refractivity contribution is -0.00822. The van der Waals surface area contributed by atoms with Crippen molar-refractivity contribution in [1.29, 1.82) is 0 Å². The van der Waals surface area contributed by atoms with E-state index in [4.69, 9.17) is 0 Å². The Labute approximate surface area is 160 Å². The molecule has 0 saturated heterocycles. The van der Waals surface area contributed by atoms with Crippen molar-refractivity contribution in [1.82, 2.24) is 0 Å². The number of aliphatic hydroxyl groups is 1. The molecule has 27 heavy (non-hydrogen) atoms. The third kappa shape index (κ3) is 2.62. The second-order valence-electron chi connectivity index (χ2n) is 9.28. The number of aromatic hydroxyl groups is 1. The van der Waals surface area contributed by atoms with E-state index >= 15 is 4.39 Å². The van der Waals surface area contributed by atoms with Crippen LogP contribution in [-0.2, 0) is 6.42 Å². The van der Waals surface area contributed by atoms with Gasteiger partial charge in [0.05, 0.1) is 6.10 Å². The van der Waals surface area contributed by atoms with Crippen LogP contribution in [0.4, 0.5) is 4.39 Å². The summed E-state index contributed by atoms with van der Waals surface area (Å²) in [6, 6.07) is 15.9. The van der Waals surface area contributed by atoms with Crippen molar-refractivity contribution in [2.24, 2.45) is 17.3 Å². The molecule has 3 aliphatic carbocycles. The van der Waals surface area contributed by atoms with E-state index in [1.54, 1.807) is 6.07 Å². The van der Waals surface area contributed by atoms with Crippen LogP contribution in [0.25, 0.3) is 0 Å². The summed E-state index contributed by atoms with van der Waals surface area (Å²) >= 11 is 0. The predicted octanol–water partition coefficient (Wildman–Crippen LogP) is 4.95.